The molecule has 0 saturated carbocycles. The molecule has 1 aromatic rings. The van der Waals surface area contributed by atoms with E-state index in [9.17, 15) is 9.18 Å². The minimum Gasteiger partial charge on any atom is -0.299 e. The number of halogens is 1. The van der Waals surface area contributed by atoms with E-state index in [1.807, 2.05) is 12.1 Å². The Hall–Kier alpha value is -1.44. The molecular weight excluding hydrogens is 203 g/mol. The summed E-state index contributed by atoms with van der Waals surface area (Å²) in [5, 5.41) is 0. The maximum atomic E-state index is 13.2. The van der Waals surface area contributed by atoms with Gasteiger partial charge in [0.15, 0.2) is 0 Å². The predicted molar refractivity (Wildman–Crippen MR) is 61.7 cm³/mol. The van der Waals surface area contributed by atoms with Gasteiger partial charge < -0.3 is 0 Å². The molecule has 84 valence electrons. The largest absolute Gasteiger partial charge is 0.299 e. The van der Waals surface area contributed by atoms with Gasteiger partial charge in [-0.1, -0.05) is 31.2 Å². The minimum atomic E-state index is -0.269. The van der Waals surface area contributed by atoms with Crippen molar-refractivity contribution in [3.05, 3.63) is 47.8 Å². The summed E-state index contributed by atoms with van der Waals surface area (Å²) < 4.78 is 13.2. The van der Waals surface area contributed by atoms with Crippen LogP contribution in [-0.4, -0.2) is 5.78 Å². The summed E-state index contributed by atoms with van der Waals surface area (Å²) in [6, 6.07) is 6.40. The molecule has 0 spiro atoms. The van der Waals surface area contributed by atoms with Crippen molar-refractivity contribution >= 4 is 5.78 Å². The van der Waals surface area contributed by atoms with Gasteiger partial charge in [-0.05, 0) is 30.0 Å². The lowest BCUT2D eigenvalue weighted by Crippen LogP contribution is -2.23. The molecule has 0 fully saturated rings. The molecule has 0 saturated heterocycles. The molecule has 1 aliphatic carbocycles. The molecule has 0 aromatic heterocycles. The number of carbonyl (C=O) groups excluding carboxylic acids is 1. The Morgan fingerprint density at radius 3 is 2.94 bits per heavy atom. The first-order chi connectivity index (χ1) is 7.72. The van der Waals surface area contributed by atoms with E-state index in [1.54, 1.807) is 6.07 Å². The molecule has 0 heterocycles. The van der Waals surface area contributed by atoms with Crippen LogP contribution in [0.3, 0.4) is 0 Å². The maximum absolute atomic E-state index is 13.2. The van der Waals surface area contributed by atoms with Gasteiger partial charge >= 0.3 is 0 Å². The highest BCUT2D eigenvalue weighted by Gasteiger charge is 2.28. The van der Waals surface area contributed by atoms with Gasteiger partial charge in [0.2, 0.25) is 0 Å². The van der Waals surface area contributed by atoms with Crippen molar-refractivity contribution in [1.29, 1.82) is 0 Å². The third kappa shape index (κ3) is 2.06. The van der Waals surface area contributed by atoms with E-state index in [2.05, 4.69) is 13.0 Å². The molecule has 16 heavy (non-hydrogen) atoms. The number of Topliss-reactive ketones (excluding diaryl/α,β-unsaturated/α-hetero) is 1. The monoisotopic (exact) mass is 218 g/mol. The number of benzene rings is 1. The maximum Gasteiger partial charge on any atom is 0.144 e. The van der Waals surface area contributed by atoms with Gasteiger partial charge in [-0.25, -0.2) is 4.39 Å². The first kappa shape index (κ1) is 11.1. The smallest absolute Gasteiger partial charge is 0.144 e. The van der Waals surface area contributed by atoms with Crippen LogP contribution in [0.15, 0.2) is 36.4 Å². The number of carbonyl (C=O) groups is 1. The molecule has 2 heteroatoms. The molecule has 0 amide bonds. The van der Waals surface area contributed by atoms with Crippen molar-refractivity contribution in [3.63, 3.8) is 0 Å². The normalized spacial score (nSPS) is 24.8. The minimum absolute atomic E-state index is 0.161. The SMILES string of the molecule is CC[C@@H]1C=CCC(=O)C1c1cccc(F)c1. The van der Waals surface area contributed by atoms with Crippen molar-refractivity contribution < 1.29 is 9.18 Å². The predicted octanol–water partition coefficient (Wildman–Crippen LogP) is 3.46. The van der Waals surface area contributed by atoms with Crippen molar-refractivity contribution in [3.8, 4) is 0 Å². The van der Waals surface area contributed by atoms with Gasteiger partial charge in [0, 0.05) is 12.3 Å². The van der Waals surface area contributed by atoms with E-state index < -0.39 is 0 Å². The van der Waals surface area contributed by atoms with Crippen LogP contribution in [0.4, 0.5) is 4.39 Å². The highest BCUT2D eigenvalue weighted by Crippen LogP contribution is 2.33. The molecular formula is C14H15FO. The van der Waals surface area contributed by atoms with E-state index >= 15 is 0 Å². The lowest BCUT2D eigenvalue weighted by atomic mass is 9.77. The van der Waals surface area contributed by atoms with Crippen LogP contribution in [0, 0.1) is 11.7 Å². The summed E-state index contributed by atoms with van der Waals surface area (Å²) in [5.74, 6) is -0.0246. The van der Waals surface area contributed by atoms with Crippen LogP contribution in [0.5, 0.6) is 0 Å². The first-order valence-electron chi connectivity index (χ1n) is 5.67. The number of rotatable bonds is 2. The lowest BCUT2D eigenvalue weighted by molar-refractivity contribution is -0.120. The zero-order valence-corrected chi connectivity index (χ0v) is 9.32. The zero-order chi connectivity index (χ0) is 11.5. The molecule has 1 aromatic carbocycles. The number of hydrogen-bond acceptors (Lipinski definition) is 1. The van der Waals surface area contributed by atoms with Gasteiger partial charge in [-0.3, -0.25) is 4.79 Å². The second-order valence-corrected chi connectivity index (χ2v) is 4.20. The summed E-state index contributed by atoms with van der Waals surface area (Å²) in [6.07, 6.45) is 5.38. The summed E-state index contributed by atoms with van der Waals surface area (Å²) in [7, 11) is 0. The van der Waals surface area contributed by atoms with Crippen LogP contribution in [0.25, 0.3) is 0 Å². The topological polar surface area (TPSA) is 17.1 Å². The van der Waals surface area contributed by atoms with Gasteiger partial charge in [-0.2, -0.15) is 0 Å². The van der Waals surface area contributed by atoms with Crippen LogP contribution in [0.2, 0.25) is 0 Å². The Morgan fingerprint density at radius 1 is 1.44 bits per heavy atom. The zero-order valence-electron chi connectivity index (χ0n) is 9.32. The van der Waals surface area contributed by atoms with Gasteiger partial charge in [0.25, 0.3) is 0 Å². The van der Waals surface area contributed by atoms with Crippen LogP contribution < -0.4 is 0 Å². The van der Waals surface area contributed by atoms with Crippen molar-refractivity contribution in [2.45, 2.75) is 25.7 Å². The van der Waals surface area contributed by atoms with E-state index in [-0.39, 0.29) is 23.4 Å². The average molecular weight is 218 g/mol. The molecule has 0 radical (unpaired) electrons. The Bertz CT molecular complexity index is 422. The Kier molecular flexibility index (Phi) is 3.18. The van der Waals surface area contributed by atoms with Crippen molar-refractivity contribution in [2.24, 2.45) is 5.92 Å². The second kappa shape index (κ2) is 4.60. The fraction of sp³-hybridized carbons (Fsp3) is 0.357. The first-order valence-corrected chi connectivity index (χ1v) is 5.67. The van der Waals surface area contributed by atoms with E-state index in [1.165, 1.54) is 12.1 Å². The Balaban J connectivity index is 2.37. The Morgan fingerprint density at radius 2 is 2.25 bits per heavy atom. The number of allylic oxidation sites excluding steroid dienone is 2. The Labute approximate surface area is 95.0 Å². The van der Waals surface area contributed by atoms with Crippen LogP contribution in [0.1, 0.15) is 31.2 Å². The molecule has 2 atom stereocenters. The summed E-state index contributed by atoms with van der Waals surface area (Å²) in [6.45, 7) is 2.06. The fourth-order valence-corrected chi connectivity index (χ4v) is 2.34. The van der Waals surface area contributed by atoms with Gasteiger partial charge in [0.05, 0.1) is 0 Å². The van der Waals surface area contributed by atoms with Crippen LogP contribution in [-0.2, 0) is 4.79 Å². The molecule has 0 N–H and O–H groups in total. The molecule has 0 aliphatic heterocycles. The fourth-order valence-electron chi connectivity index (χ4n) is 2.34. The summed E-state index contributed by atoms with van der Waals surface area (Å²) >= 11 is 0. The third-order valence-electron chi connectivity index (χ3n) is 3.16. The van der Waals surface area contributed by atoms with Crippen molar-refractivity contribution in [1.82, 2.24) is 0 Å². The highest BCUT2D eigenvalue weighted by atomic mass is 19.1. The van der Waals surface area contributed by atoms with E-state index in [4.69, 9.17) is 0 Å². The highest BCUT2D eigenvalue weighted by molar-refractivity contribution is 5.88. The molecule has 0 bridgehead atoms. The summed E-state index contributed by atoms with van der Waals surface area (Å²) in [4.78, 5) is 11.9. The van der Waals surface area contributed by atoms with Gasteiger partial charge in [-0.15, -0.1) is 0 Å². The molecule has 1 aliphatic rings. The van der Waals surface area contributed by atoms with Crippen LogP contribution >= 0.6 is 0 Å². The average Bonchev–Trinajstić information content (AvgIpc) is 2.28. The van der Waals surface area contributed by atoms with Gasteiger partial charge in [0.1, 0.15) is 11.6 Å². The molecule has 1 unspecified atom stereocenters. The number of hydrogen-bond donors (Lipinski definition) is 0. The number of ketones is 1. The quantitative estimate of drug-likeness (QED) is 0.695. The summed E-state index contributed by atoms with van der Waals surface area (Å²) in [5.41, 5.74) is 0.807. The van der Waals surface area contributed by atoms with E-state index in [0.29, 0.717) is 6.42 Å². The standard InChI is InChI=1S/C14H15FO/c1-2-10-5-4-8-13(16)14(10)11-6-3-7-12(15)9-11/h3-7,9-10,14H,2,8H2,1H3/t10-,14?/m1/s1. The van der Waals surface area contributed by atoms with Crippen molar-refractivity contribution in [2.75, 3.05) is 0 Å². The third-order valence-corrected chi connectivity index (χ3v) is 3.16. The van der Waals surface area contributed by atoms with E-state index in [0.717, 1.165) is 12.0 Å². The molecule has 2 rings (SSSR count). The molecule has 1 nitrogen and oxygen atoms in total. The lowest BCUT2D eigenvalue weighted by Gasteiger charge is -2.25. The second-order valence-electron chi connectivity index (χ2n) is 4.20.